The summed E-state index contributed by atoms with van der Waals surface area (Å²) in [6.45, 7) is 0.948. The second-order valence-corrected chi connectivity index (χ2v) is 5.68. The van der Waals surface area contributed by atoms with Crippen LogP contribution in [-0.2, 0) is 6.42 Å². The van der Waals surface area contributed by atoms with E-state index in [2.05, 4.69) is 0 Å². The van der Waals surface area contributed by atoms with Gasteiger partial charge >= 0.3 is 0 Å². The lowest BCUT2D eigenvalue weighted by Crippen LogP contribution is -2.24. The molecule has 0 aliphatic heterocycles. The summed E-state index contributed by atoms with van der Waals surface area (Å²) in [5.74, 6) is 1.02. The standard InChI is InChI=1S/C16H25NO2/c17-11-13-3-7-15(8-4-13)16(19)14-5-1-12(2-6-14)9-10-18/h1-2,5-6,13,15-16,18-19H,3-4,7-11,17H2. The van der Waals surface area contributed by atoms with Gasteiger partial charge in [-0.1, -0.05) is 24.3 Å². The van der Waals surface area contributed by atoms with Gasteiger partial charge in [0.15, 0.2) is 0 Å². The van der Waals surface area contributed by atoms with E-state index in [9.17, 15) is 5.11 Å². The second kappa shape index (κ2) is 7.04. The molecule has 1 fully saturated rings. The highest BCUT2D eigenvalue weighted by Crippen LogP contribution is 2.36. The summed E-state index contributed by atoms with van der Waals surface area (Å²) < 4.78 is 0. The summed E-state index contributed by atoms with van der Waals surface area (Å²) in [6, 6.07) is 7.98. The summed E-state index contributed by atoms with van der Waals surface area (Å²) >= 11 is 0. The zero-order valence-electron chi connectivity index (χ0n) is 11.5. The van der Waals surface area contributed by atoms with E-state index in [0.717, 1.165) is 43.4 Å². The predicted molar refractivity (Wildman–Crippen MR) is 76.7 cm³/mol. The van der Waals surface area contributed by atoms with Gasteiger partial charge in [0.1, 0.15) is 0 Å². The van der Waals surface area contributed by atoms with Crippen molar-refractivity contribution in [3.8, 4) is 0 Å². The summed E-state index contributed by atoms with van der Waals surface area (Å²) in [5, 5.41) is 19.3. The van der Waals surface area contributed by atoms with Gasteiger partial charge in [-0.25, -0.2) is 0 Å². The lowest BCUT2D eigenvalue weighted by Gasteiger charge is -2.31. The van der Waals surface area contributed by atoms with Crippen molar-refractivity contribution in [2.45, 2.75) is 38.2 Å². The van der Waals surface area contributed by atoms with Gasteiger partial charge in [-0.2, -0.15) is 0 Å². The van der Waals surface area contributed by atoms with Crippen LogP contribution in [0.4, 0.5) is 0 Å². The number of aliphatic hydroxyl groups excluding tert-OH is 2. The van der Waals surface area contributed by atoms with E-state index in [-0.39, 0.29) is 12.7 Å². The van der Waals surface area contributed by atoms with Crippen LogP contribution in [-0.4, -0.2) is 23.4 Å². The summed E-state index contributed by atoms with van der Waals surface area (Å²) in [4.78, 5) is 0. The van der Waals surface area contributed by atoms with Crippen LogP contribution in [0.15, 0.2) is 24.3 Å². The first-order chi connectivity index (χ1) is 9.24. The molecule has 1 aliphatic carbocycles. The van der Waals surface area contributed by atoms with Crippen LogP contribution >= 0.6 is 0 Å². The first-order valence-electron chi connectivity index (χ1n) is 7.32. The van der Waals surface area contributed by atoms with Crippen LogP contribution in [0.2, 0.25) is 0 Å². The van der Waals surface area contributed by atoms with Gasteiger partial charge in [-0.05, 0) is 61.6 Å². The molecule has 1 aliphatic rings. The maximum atomic E-state index is 10.4. The average molecular weight is 263 g/mol. The van der Waals surface area contributed by atoms with Crippen molar-refractivity contribution >= 4 is 0 Å². The molecular weight excluding hydrogens is 238 g/mol. The summed E-state index contributed by atoms with van der Waals surface area (Å²) in [5.41, 5.74) is 7.81. The minimum absolute atomic E-state index is 0.172. The number of nitrogens with two attached hydrogens (primary N) is 1. The largest absolute Gasteiger partial charge is 0.396 e. The molecule has 1 unspecified atom stereocenters. The van der Waals surface area contributed by atoms with Crippen LogP contribution in [0.5, 0.6) is 0 Å². The Labute approximate surface area is 115 Å². The molecule has 0 amide bonds. The van der Waals surface area contributed by atoms with E-state index in [1.165, 1.54) is 0 Å². The Hall–Kier alpha value is -0.900. The Kier molecular flexibility index (Phi) is 5.37. The quantitative estimate of drug-likeness (QED) is 0.761. The van der Waals surface area contributed by atoms with E-state index in [1.807, 2.05) is 24.3 Å². The van der Waals surface area contributed by atoms with Gasteiger partial charge in [0, 0.05) is 6.61 Å². The lowest BCUT2D eigenvalue weighted by atomic mass is 9.78. The lowest BCUT2D eigenvalue weighted by molar-refractivity contribution is 0.0744. The van der Waals surface area contributed by atoms with Gasteiger partial charge in [0.05, 0.1) is 6.10 Å². The van der Waals surface area contributed by atoms with Crippen molar-refractivity contribution in [2.24, 2.45) is 17.6 Å². The highest BCUT2D eigenvalue weighted by molar-refractivity contribution is 5.24. The molecule has 0 heterocycles. The monoisotopic (exact) mass is 263 g/mol. The Morgan fingerprint density at radius 1 is 1.11 bits per heavy atom. The zero-order chi connectivity index (χ0) is 13.7. The van der Waals surface area contributed by atoms with Crippen LogP contribution in [0, 0.1) is 11.8 Å². The van der Waals surface area contributed by atoms with Crippen molar-refractivity contribution in [3.05, 3.63) is 35.4 Å². The van der Waals surface area contributed by atoms with Crippen molar-refractivity contribution < 1.29 is 10.2 Å². The molecule has 0 bridgehead atoms. The van der Waals surface area contributed by atoms with Crippen molar-refractivity contribution in [1.29, 1.82) is 0 Å². The molecule has 4 N–H and O–H groups in total. The summed E-state index contributed by atoms with van der Waals surface area (Å²) in [6.07, 6.45) is 4.74. The van der Waals surface area contributed by atoms with Crippen molar-refractivity contribution in [2.75, 3.05) is 13.2 Å². The molecule has 0 radical (unpaired) electrons. The third-order valence-corrected chi connectivity index (χ3v) is 4.39. The molecule has 106 valence electrons. The SMILES string of the molecule is NCC1CCC(C(O)c2ccc(CCO)cc2)CC1. The highest BCUT2D eigenvalue weighted by atomic mass is 16.3. The Morgan fingerprint density at radius 2 is 1.74 bits per heavy atom. The zero-order valence-corrected chi connectivity index (χ0v) is 11.5. The third-order valence-electron chi connectivity index (χ3n) is 4.39. The van der Waals surface area contributed by atoms with E-state index < -0.39 is 0 Å². The van der Waals surface area contributed by atoms with Gasteiger partial charge < -0.3 is 15.9 Å². The number of aliphatic hydroxyl groups is 2. The molecule has 0 aromatic heterocycles. The minimum Gasteiger partial charge on any atom is -0.396 e. The second-order valence-electron chi connectivity index (χ2n) is 5.68. The smallest absolute Gasteiger partial charge is 0.0818 e. The van der Waals surface area contributed by atoms with Gasteiger partial charge in [0.2, 0.25) is 0 Å². The van der Waals surface area contributed by atoms with Gasteiger partial charge in [-0.15, -0.1) is 0 Å². The molecule has 1 atom stereocenters. The molecular formula is C16H25NO2. The van der Waals surface area contributed by atoms with Gasteiger partial charge in [-0.3, -0.25) is 0 Å². The van der Waals surface area contributed by atoms with Crippen LogP contribution in [0.25, 0.3) is 0 Å². The average Bonchev–Trinajstić information content (AvgIpc) is 2.48. The normalized spacial score (nSPS) is 25.2. The van der Waals surface area contributed by atoms with Crippen LogP contribution in [0.3, 0.4) is 0 Å². The predicted octanol–water partition coefficient (Wildman–Crippen LogP) is 2.02. The molecule has 3 heteroatoms. The number of benzene rings is 1. The molecule has 19 heavy (non-hydrogen) atoms. The summed E-state index contributed by atoms with van der Waals surface area (Å²) in [7, 11) is 0. The molecule has 1 aromatic rings. The Balaban J connectivity index is 1.94. The fraction of sp³-hybridized carbons (Fsp3) is 0.625. The fourth-order valence-electron chi connectivity index (χ4n) is 3.02. The first-order valence-corrected chi connectivity index (χ1v) is 7.32. The molecule has 2 rings (SSSR count). The van der Waals surface area contributed by atoms with Crippen molar-refractivity contribution in [3.63, 3.8) is 0 Å². The van der Waals surface area contributed by atoms with Crippen LogP contribution in [0.1, 0.15) is 42.9 Å². The topological polar surface area (TPSA) is 66.5 Å². The molecule has 0 saturated heterocycles. The third kappa shape index (κ3) is 3.78. The fourth-order valence-corrected chi connectivity index (χ4v) is 3.02. The first kappa shape index (κ1) is 14.5. The van der Waals surface area contributed by atoms with E-state index in [1.54, 1.807) is 0 Å². The van der Waals surface area contributed by atoms with Gasteiger partial charge in [0.25, 0.3) is 0 Å². The number of rotatable bonds is 5. The highest BCUT2D eigenvalue weighted by Gasteiger charge is 2.26. The maximum Gasteiger partial charge on any atom is 0.0818 e. The van der Waals surface area contributed by atoms with E-state index >= 15 is 0 Å². The van der Waals surface area contributed by atoms with Crippen LogP contribution < -0.4 is 5.73 Å². The van der Waals surface area contributed by atoms with E-state index in [4.69, 9.17) is 10.8 Å². The van der Waals surface area contributed by atoms with Crippen molar-refractivity contribution in [1.82, 2.24) is 0 Å². The maximum absolute atomic E-state index is 10.4. The Morgan fingerprint density at radius 3 is 2.26 bits per heavy atom. The molecule has 3 nitrogen and oxygen atoms in total. The number of hydrogen-bond acceptors (Lipinski definition) is 3. The van der Waals surface area contributed by atoms with E-state index in [0.29, 0.717) is 18.3 Å². The molecule has 1 aromatic carbocycles. The molecule has 0 spiro atoms. The minimum atomic E-state index is -0.359. The Bertz CT molecular complexity index is 369. The number of hydrogen-bond donors (Lipinski definition) is 3. The molecule has 1 saturated carbocycles.